The van der Waals surface area contributed by atoms with E-state index in [1.807, 2.05) is 12.1 Å². The van der Waals surface area contributed by atoms with Gasteiger partial charge in [-0.05, 0) is 0 Å². The molecule has 162 valence electrons. The first-order chi connectivity index (χ1) is 15.2. The average Bonchev–Trinajstić information content (AvgIpc) is 2.80. The second kappa shape index (κ2) is 8.27. The Balaban J connectivity index is 2.18. The van der Waals surface area contributed by atoms with E-state index in [-0.39, 0.29) is 10.6 Å². The predicted molar refractivity (Wildman–Crippen MR) is 141 cm³/mol. The molecule has 4 aromatic rings. The standard InChI is InChI=1S/C27H25BrNO2P/c1-20-4-12-24(13-5-20)32(28,25-14-6-21(2)7-15-25,26-16-8-22(3)9-17-26)27-18-10-23(11-19-27)29(30)31/h4-19H,1-3H3. The van der Waals surface area contributed by atoms with E-state index < -0.39 is 5.31 Å². The molecule has 0 N–H and O–H groups in total. The maximum absolute atomic E-state index is 11.4. The van der Waals surface area contributed by atoms with Crippen molar-refractivity contribution in [3.05, 3.63) is 124 Å². The molecule has 0 heterocycles. The fourth-order valence-electron chi connectivity index (χ4n) is 4.22. The Bertz CT molecular complexity index is 1150. The maximum atomic E-state index is 11.4. The predicted octanol–water partition coefficient (Wildman–Crippen LogP) is 5.99. The Hall–Kier alpha value is -2.81. The first-order valence-electron chi connectivity index (χ1n) is 10.4. The van der Waals surface area contributed by atoms with Gasteiger partial charge in [0, 0.05) is 0 Å². The monoisotopic (exact) mass is 505 g/mol. The van der Waals surface area contributed by atoms with Crippen molar-refractivity contribution in [3.8, 4) is 0 Å². The number of aryl methyl sites for hydroxylation is 3. The molecular weight excluding hydrogens is 481 g/mol. The van der Waals surface area contributed by atoms with Crippen LogP contribution < -0.4 is 21.2 Å². The van der Waals surface area contributed by atoms with Crippen molar-refractivity contribution in [3.63, 3.8) is 0 Å². The number of benzene rings is 4. The molecule has 0 spiro atoms. The molecule has 0 bridgehead atoms. The van der Waals surface area contributed by atoms with Crippen molar-refractivity contribution < 1.29 is 4.92 Å². The van der Waals surface area contributed by atoms with Gasteiger partial charge < -0.3 is 0 Å². The van der Waals surface area contributed by atoms with Gasteiger partial charge in [-0.3, -0.25) is 0 Å². The molecule has 3 nitrogen and oxygen atoms in total. The van der Waals surface area contributed by atoms with Gasteiger partial charge in [0.15, 0.2) is 0 Å². The summed E-state index contributed by atoms with van der Waals surface area (Å²) in [6.45, 7) is 6.24. The number of hydrogen-bond donors (Lipinski definition) is 0. The number of nitro groups is 1. The molecule has 0 aliphatic carbocycles. The molecule has 0 radical (unpaired) electrons. The van der Waals surface area contributed by atoms with Crippen LogP contribution in [0.4, 0.5) is 5.69 Å². The third-order valence-electron chi connectivity index (χ3n) is 6.10. The van der Waals surface area contributed by atoms with Crippen molar-refractivity contribution in [2.24, 2.45) is 0 Å². The molecule has 0 aliphatic rings. The van der Waals surface area contributed by atoms with Gasteiger partial charge in [-0.2, -0.15) is 0 Å². The van der Waals surface area contributed by atoms with E-state index in [2.05, 4.69) is 109 Å². The van der Waals surface area contributed by atoms with Gasteiger partial charge in [-0.15, -0.1) is 0 Å². The number of halogens is 1. The summed E-state index contributed by atoms with van der Waals surface area (Å²) in [6.07, 6.45) is 0. The zero-order chi connectivity index (χ0) is 23.0. The van der Waals surface area contributed by atoms with Crippen LogP contribution >= 0.6 is 20.8 Å². The van der Waals surface area contributed by atoms with Crippen LogP contribution in [0.5, 0.6) is 0 Å². The molecule has 4 aromatic carbocycles. The Morgan fingerprint density at radius 1 is 0.562 bits per heavy atom. The van der Waals surface area contributed by atoms with Gasteiger partial charge in [0.2, 0.25) is 0 Å². The van der Waals surface area contributed by atoms with E-state index in [9.17, 15) is 10.1 Å². The van der Waals surface area contributed by atoms with E-state index in [1.165, 1.54) is 16.7 Å². The van der Waals surface area contributed by atoms with Crippen molar-refractivity contribution in [1.82, 2.24) is 0 Å². The molecule has 0 unspecified atom stereocenters. The van der Waals surface area contributed by atoms with Crippen LogP contribution in [0.2, 0.25) is 0 Å². The molecule has 0 atom stereocenters. The van der Waals surface area contributed by atoms with E-state index in [4.69, 9.17) is 0 Å². The SMILES string of the molecule is Cc1ccc(P(Br)(c2ccc(C)cc2)(c2ccc(C)cc2)c2ccc([N+](=O)[O-])cc2)cc1. The second-order valence-electron chi connectivity index (χ2n) is 8.29. The van der Waals surface area contributed by atoms with Crippen LogP contribution in [0.3, 0.4) is 0 Å². The molecule has 5 heteroatoms. The van der Waals surface area contributed by atoms with Crippen LogP contribution in [0, 0.1) is 30.9 Å². The minimum atomic E-state index is -3.36. The number of nitrogens with zero attached hydrogens (tertiary/aromatic N) is 1. The molecular formula is C27H25BrNO2P. The van der Waals surface area contributed by atoms with Crippen LogP contribution in [0.25, 0.3) is 0 Å². The van der Waals surface area contributed by atoms with Crippen LogP contribution in [0.1, 0.15) is 16.7 Å². The summed E-state index contributed by atoms with van der Waals surface area (Å²) in [5, 5.41) is 12.5. The van der Waals surface area contributed by atoms with E-state index in [0.29, 0.717) is 0 Å². The van der Waals surface area contributed by atoms with Crippen molar-refractivity contribution in [2.45, 2.75) is 20.8 Å². The summed E-state index contributed by atoms with van der Waals surface area (Å²) < 4.78 is 0. The second-order valence-corrected chi connectivity index (χ2v) is 16.6. The molecule has 0 saturated carbocycles. The summed E-state index contributed by atoms with van der Waals surface area (Å²) in [5.41, 5.74) is 3.64. The quantitative estimate of drug-likeness (QED) is 0.190. The van der Waals surface area contributed by atoms with Crippen LogP contribution in [-0.2, 0) is 0 Å². The first-order valence-corrected chi connectivity index (χ1v) is 14.7. The summed E-state index contributed by atoms with van der Waals surface area (Å²) in [7, 11) is 0. The van der Waals surface area contributed by atoms with Crippen molar-refractivity contribution in [1.29, 1.82) is 0 Å². The van der Waals surface area contributed by atoms with Gasteiger partial charge in [-0.25, -0.2) is 0 Å². The molecule has 0 aromatic heterocycles. The van der Waals surface area contributed by atoms with Crippen LogP contribution in [0.15, 0.2) is 97.1 Å². The van der Waals surface area contributed by atoms with E-state index >= 15 is 0 Å². The Kier molecular flexibility index (Phi) is 5.79. The zero-order valence-corrected chi connectivity index (χ0v) is 20.8. The number of hydrogen-bond acceptors (Lipinski definition) is 2. The molecule has 0 fully saturated rings. The fourth-order valence-corrected chi connectivity index (χ4v) is 11.7. The normalized spacial score (nSPS) is 12.7. The number of rotatable bonds is 5. The third kappa shape index (κ3) is 3.48. The van der Waals surface area contributed by atoms with Gasteiger partial charge in [0.1, 0.15) is 0 Å². The summed E-state index contributed by atoms with van der Waals surface area (Å²) in [4.78, 5) is 11.0. The summed E-state index contributed by atoms with van der Waals surface area (Å²) in [6, 6.07) is 32.9. The van der Waals surface area contributed by atoms with Gasteiger partial charge in [-0.1, -0.05) is 0 Å². The Labute approximate surface area is 196 Å². The topological polar surface area (TPSA) is 43.1 Å². The molecule has 4 rings (SSSR count). The van der Waals surface area contributed by atoms with Gasteiger partial charge in [0.05, 0.1) is 0 Å². The molecule has 32 heavy (non-hydrogen) atoms. The minimum absolute atomic E-state index is 0.0861. The summed E-state index contributed by atoms with van der Waals surface area (Å²) in [5.74, 6) is 0. The van der Waals surface area contributed by atoms with E-state index in [1.54, 1.807) is 12.1 Å². The number of nitro benzene ring substituents is 1. The van der Waals surface area contributed by atoms with Crippen LogP contribution in [-0.4, -0.2) is 4.92 Å². The first kappa shape index (κ1) is 22.4. The molecule has 0 saturated heterocycles. The average molecular weight is 506 g/mol. The van der Waals surface area contributed by atoms with Gasteiger partial charge in [0.25, 0.3) is 0 Å². The Morgan fingerprint density at radius 3 is 1.06 bits per heavy atom. The fraction of sp³-hybridized carbons (Fsp3) is 0.111. The Morgan fingerprint density at radius 2 is 0.812 bits per heavy atom. The third-order valence-corrected chi connectivity index (χ3v) is 16.1. The van der Waals surface area contributed by atoms with E-state index in [0.717, 1.165) is 21.2 Å². The van der Waals surface area contributed by atoms with Crippen molar-refractivity contribution >= 4 is 47.7 Å². The van der Waals surface area contributed by atoms with Crippen molar-refractivity contribution in [2.75, 3.05) is 0 Å². The summed E-state index contributed by atoms with van der Waals surface area (Å²) >= 11 is 4.42. The van der Waals surface area contributed by atoms with Gasteiger partial charge >= 0.3 is 197 Å². The number of non-ortho nitro benzene ring substituents is 1. The molecule has 0 aliphatic heterocycles. The molecule has 0 amide bonds. The zero-order valence-electron chi connectivity index (χ0n) is 18.3.